The van der Waals surface area contributed by atoms with Crippen molar-refractivity contribution in [2.75, 3.05) is 13.2 Å². The SMILES string of the molecule is CC1=CC(CO)=CC(CO)C1C. The average Bonchev–Trinajstić information content (AvgIpc) is 2.09. The van der Waals surface area contributed by atoms with E-state index in [0.717, 1.165) is 5.57 Å². The van der Waals surface area contributed by atoms with Gasteiger partial charge < -0.3 is 10.2 Å². The van der Waals surface area contributed by atoms with E-state index in [0.29, 0.717) is 5.92 Å². The Labute approximate surface area is 73.2 Å². The molecule has 2 atom stereocenters. The first-order valence-electron chi connectivity index (χ1n) is 4.29. The number of hydrogen-bond donors (Lipinski definition) is 2. The zero-order valence-electron chi connectivity index (χ0n) is 7.62. The number of hydrogen-bond acceptors (Lipinski definition) is 2. The first kappa shape index (κ1) is 9.49. The Bertz CT molecular complexity index is 216. The fraction of sp³-hybridized carbons (Fsp3) is 0.600. The van der Waals surface area contributed by atoms with Gasteiger partial charge in [-0.25, -0.2) is 0 Å². The van der Waals surface area contributed by atoms with Crippen LogP contribution >= 0.6 is 0 Å². The van der Waals surface area contributed by atoms with Crippen molar-refractivity contribution in [3.8, 4) is 0 Å². The topological polar surface area (TPSA) is 40.5 Å². The summed E-state index contributed by atoms with van der Waals surface area (Å²) in [5, 5.41) is 18.0. The van der Waals surface area contributed by atoms with Gasteiger partial charge in [-0.1, -0.05) is 24.6 Å². The van der Waals surface area contributed by atoms with Crippen molar-refractivity contribution in [3.63, 3.8) is 0 Å². The number of aliphatic hydroxyl groups excluding tert-OH is 2. The van der Waals surface area contributed by atoms with E-state index in [4.69, 9.17) is 10.2 Å². The van der Waals surface area contributed by atoms with E-state index in [1.54, 1.807) is 0 Å². The van der Waals surface area contributed by atoms with E-state index >= 15 is 0 Å². The molecule has 0 bridgehead atoms. The molecule has 0 aromatic heterocycles. The number of allylic oxidation sites excluding steroid dienone is 1. The molecule has 0 aromatic carbocycles. The Morgan fingerprint density at radius 1 is 1.42 bits per heavy atom. The van der Waals surface area contributed by atoms with Gasteiger partial charge in [-0.15, -0.1) is 0 Å². The summed E-state index contributed by atoms with van der Waals surface area (Å²) in [5.41, 5.74) is 2.16. The second-order valence-electron chi connectivity index (χ2n) is 3.42. The minimum absolute atomic E-state index is 0.0700. The fourth-order valence-corrected chi connectivity index (χ4v) is 1.54. The lowest BCUT2D eigenvalue weighted by atomic mass is 9.82. The summed E-state index contributed by atoms with van der Waals surface area (Å²) in [4.78, 5) is 0. The molecule has 0 saturated carbocycles. The van der Waals surface area contributed by atoms with Crippen LogP contribution in [0.25, 0.3) is 0 Å². The van der Waals surface area contributed by atoms with Crippen molar-refractivity contribution in [1.82, 2.24) is 0 Å². The Kier molecular flexibility index (Phi) is 3.06. The molecule has 1 aliphatic carbocycles. The molecular weight excluding hydrogens is 152 g/mol. The van der Waals surface area contributed by atoms with E-state index < -0.39 is 0 Å². The molecule has 68 valence electrons. The molecule has 1 aliphatic rings. The van der Waals surface area contributed by atoms with Gasteiger partial charge in [0.1, 0.15) is 0 Å². The molecule has 2 unspecified atom stereocenters. The van der Waals surface area contributed by atoms with E-state index in [-0.39, 0.29) is 19.1 Å². The van der Waals surface area contributed by atoms with E-state index in [9.17, 15) is 0 Å². The predicted octanol–water partition coefficient (Wildman–Crippen LogP) is 1.11. The normalized spacial score (nSPS) is 29.7. The maximum Gasteiger partial charge on any atom is 0.0678 e. The molecule has 2 N–H and O–H groups in total. The van der Waals surface area contributed by atoms with Crippen LogP contribution in [0.4, 0.5) is 0 Å². The Morgan fingerprint density at radius 3 is 2.58 bits per heavy atom. The van der Waals surface area contributed by atoms with Gasteiger partial charge in [0.15, 0.2) is 0 Å². The van der Waals surface area contributed by atoms with Gasteiger partial charge in [-0.2, -0.15) is 0 Å². The average molecular weight is 168 g/mol. The van der Waals surface area contributed by atoms with Crippen LogP contribution in [0.15, 0.2) is 23.3 Å². The van der Waals surface area contributed by atoms with Crippen LogP contribution in [0.3, 0.4) is 0 Å². The summed E-state index contributed by atoms with van der Waals surface area (Å²) < 4.78 is 0. The van der Waals surface area contributed by atoms with Crippen molar-refractivity contribution in [2.45, 2.75) is 13.8 Å². The second kappa shape index (κ2) is 3.87. The number of rotatable bonds is 2. The highest BCUT2D eigenvalue weighted by Crippen LogP contribution is 2.27. The molecule has 0 aliphatic heterocycles. The first-order valence-corrected chi connectivity index (χ1v) is 4.29. The number of aliphatic hydroxyl groups is 2. The van der Waals surface area contributed by atoms with Crippen LogP contribution in [0.5, 0.6) is 0 Å². The van der Waals surface area contributed by atoms with Gasteiger partial charge in [0, 0.05) is 12.5 Å². The van der Waals surface area contributed by atoms with Gasteiger partial charge in [0.2, 0.25) is 0 Å². The largest absolute Gasteiger partial charge is 0.396 e. The first-order chi connectivity index (χ1) is 5.69. The summed E-state index contributed by atoms with van der Waals surface area (Å²) in [6, 6.07) is 0. The molecule has 2 heteroatoms. The lowest BCUT2D eigenvalue weighted by Crippen LogP contribution is -2.19. The minimum Gasteiger partial charge on any atom is -0.396 e. The second-order valence-corrected chi connectivity index (χ2v) is 3.42. The van der Waals surface area contributed by atoms with E-state index in [2.05, 4.69) is 6.92 Å². The molecular formula is C10H16O2. The molecule has 0 amide bonds. The van der Waals surface area contributed by atoms with Crippen molar-refractivity contribution >= 4 is 0 Å². The third-order valence-electron chi connectivity index (χ3n) is 2.60. The van der Waals surface area contributed by atoms with Crippen molar-refractivity contribution < 1.29 is 10.2 Å². The van der Waals surface area contributed by atoms with Crippen LogP contribution in [0.1, 0.15) is 13.8 Å². The van der Waals surface area contributed by atoms with E-state index in [1.165, 1.54) is 5.57 Å². The highest BCUT2D eigenvalue weighted by atomic mass is 16.3. The molecule has 0 radical (unpaired) electrons. The van der Waals surface area contributed by atoms with Crippen LogP contribution in [0.2, 0.25) is 0 Å². The lowest BCUT2D eigenvalue weighted by Gasteiger charge is -2.24. The third-order valence-corrected chi connectivity index (χ3v) is 2.60. The molecule has 0 heterocycles. The van der Waals surface area contributed by atoms with Crippen LogP contribution in [0, 0.1) is 11.8 Å². The zero-order chi connectivity index (χ0) is 9.14. The Hall–Kier alpha value is -0.600. The van der Waals surface area contributed by atoms with Gasteiger partial charge >= 0.3 is 0 Å². The summed E-state index contributed by atoms with van der Waals surface area (Å²) in [5.74, 6) is 0.572. The molecule has 0 fully saturated rings. The zero-order valence-corrected chi connectivity index (χ0v) is 7.62. The van der Waals surface area contributed by atoms with Crippen LogP contribution in [-0.2, 0) is 0 Å². The van der Waals surface area contributed by atoms with Gasteiger partial charge in [-0.05, 0) is 18.4 Å². The highest BCUT2D eigenvalue weighted by Gasteiger charge is 2.19. The highest BCUT2D eigenvalue weighted by molar-refractivity contribution is 5.30. The monoisotopic (exact) mass is 168 g/mol. The van der Waals surface area contributed by atoms with Crippen molar-refractivity contribution in [3.05, 3.63) is 23.3 Å². The standard InChI is InChI=1S/C10H16O2/c1-7-3-9(5-11)4-10(6-12)8(7)2/h3-4,8,10-12H,5-6H2,1-2H3. The summed E-state index contributed by atoms with van der Waals surface area (Å²) in [7, 11) is 0. The minimum atomic E-state index is 0.0700. The van der Waals surface area contributed by atoms with Crippen molar-refractivity contribution in [2.24, 2.45) is 11.8 Å². The van der Waals surface area contributed by atoms with Gasteiger partial charge in [0.05, 0.1) is 6.61 Å². The molecule has 12 heavy (non-hydrogen) atoms. The molecule has 2 nitrogen and oxygen atoms in total. The quantitative estimate of drug-likeness (QED) is 0.648. The maximum absolute atomic E-state index is 9.04. The molecule has 0 saturated heterocycles. The van der Waals surface area contributed by atoms with E-state index in [1.807, 2.05) is 19.1 Å². The van der Waals surface area contributed by atoms with Gasteiger partial charge in [0.25, 0.3) is 0 Å². The summed E-state index contributed by atoms with van der Waals surface area (Å²) in [6.07, 6.45) is 3.95. The van der Waals surface area contributed by atoms with Crippen molar-refractivity contribution in [1.29, 1.82) is 0 Å². The molecule has 0 spiro atoms. The fourth-order valence-electron chi connectivity index (χ4n) is 1.54. The Balaban J connectivity index is 2.82. The Morgan fingerprint density at radius 2 is 2.08 bits per heavy atom. The lowest BCUT2D eigenvalue weighted by molar-refractivity contribution is 0.223. The molecule has 1 rings (SSSR count). The maximum atomic E-state index is 9.04. The van der Waals surface area contributed by atoms with Gasteiger partial charge in [-0.3, -0.25) is 0 Å². The molecule has 0 aromatic rings. The summed E-state index contributed by atoms with van der Waals surface area (Å²) >= 11 is 0. The summed E-state index contributed by atoms with van der Waals surface area (Å²) in [6.45, 7) is 4.36. The third kappa shape index (κ3) is 1.76. The smallest absolute Gasteiger partial charge is 0.0678 e. The van der Waals surface area contributed by atoms with Crippen LogP contribution < -0.4 is 0 Å². The predicted molar refractivity (Wildman–Crippen MR) is 48.7 cm³/mol. The van der Waals surface area contributed by atoms with Crippen LogP contribution in [-0.4, -0.2) is 23.4 Å².